The van der Waals surface area contributed by atoms with Crippen LogP contribution in [0.1, 0.15) is 18.1 Å². The molecule has 0 spiro atoms. The van der Waals surface area contributed by atoms with E-state index in [2.05, 4.69) is 12.1 Å². The maximum atomic E-state index is 10.5. The van der Waals surface area contributed by atoms with Crippen molar-refractivity contribution < 1.29 is 4.79 Å². The third-order valence-corrected chi connectivity index (χ3v) is 2.36. The Morgan fingerprint density at radius 1 is 1.33 bits per heavy atom. The van der Waals surface area contributed by atoms with Gasteiger partial charge in [-0.25, -0.2) is 0 Å². The zero-order valence-electron chi connectivity index (χ0n) is 6.92. The van der Waals surface area contributed by atoms with Crippen molar-refractivity contribution in [3.05, 3.63) is 41.0 Å². The second kappa shape index (κ2) is 2.59. The van der Waals surface area contributed by atoms with E-state index in [9.17, 15) is 4.79 Å². The Labute approximate surface area is 71.7 Å². The fourth-order valence-electron chi connectivity index (χ4n) is 1.64. The summed E-state index contributed by atoms with van der Waals surface area (Å²) in [5, 5.41) is 0. The van der Waals surface area contributed by atoms with Crippen LogP contribution in [0.25, 0.3) is 5.57 Å². The number of hydrogen-bond donors (Lipinski definition) is 0. The summed E-state index contributed by atoms with van der Waals surface area (Å²) >= 11 is 0. The van der Waals surface area contributed by atoms with Gasteiger partial charge in [0.05, 0.1) is 0 Å². The van der Waals surface area contributed by atoms with Gasteiger partial charge in [-0.2, -0.15) is 0 Å². The Bertz CT molecular complexity index is 361. The highest BCUT2D eigenvalue weighted by Crippen LogP contribution is 2.30. The average Bonchev–Trinajstić information content (AvgIpc) is 2.44. The van der Waals surface area contributed by atoms with Gasteiger partial charge >= 0.3 is 0 Å². The number of benzene rings is 1. The van der Waals surface area contributed by atoms with Gasteiger partial charge in [0.25, 0.3) is 0 Å². The third-order valence-electron chi connectivity index (χ3n) is 2.36. The fraction of sp³-hybridized carbons (Fsp3) is 0.182. The van der Waals surface area contributed by atoms with Gasteiger partial charge in [0.2, 0.25) is 6.29 Å². The zero-order chi connectivity index (χ0) is 8.55. The first-order chi connectivity index (χ1) is 5.83. The molecule has 12 heavy (non-hydrogen) atoms. The Morgan fingerprint density at radius 3 is 2.75 bits per heavy atom. The van der Waals surface area contributed by atoms with Crippen LogP contribution in [0, 0.1) is 0 Å². The molecule has 0 N–H and O–H groups in total. The van der Waals surface area contributed by atoms with Crippen molar-refractivity contribution in [1.82, 2.24) is 0 Å². The highest BCUT2D eigenvalue weighted by Gasteiger charge is 2.16. The Balaban J connectivity index is 2.56. The predicted octanol–water partition coefficient (Wildman–Crippen LogP) is 2.13. The van der Waals surface area contributed by atoms with Crippen LogP contribution in [-0.4, -0.2) is 6.29 Å². The monoisotopic (exact) mass is 157 g/mol. The maximum absolute atomic E-state index is 10.5. The van der Waals surface area contributed by atoms with Gasteiger partial charge in [-0.3, -0.25) is 4.79 Å². The molecule has 0 amide bonds. The minimum Gasteiger partial charge on any atom is -0.285 e. The van der Waals surface area contributed by atoms with Crippen LogP contribution >= 0.6 is 0 Å². The standard InChI is InChI=1S/C11H9O/c1-8-10(7-12)6-9-4-2-3-5-11(8)9/h2-5H,6H2,1H3. The van der Waals surface area contributed by atoms with Gasteiger partial charge in [0.1, 0.15) is 0 Å². The molecule has 1 heteroatoms. The minimum atomic E-state index is 0.755. The molecule has 1 radical (unpaired) electrons. The summed E-state index contributed by atoms with van der Waals surface area (Å²) in [4.78, 5) is 10.5. The van der Waals surface area contributed by atoms with Crippen molar-refractivity contribution >= 4 is 11.9 Å². The van der Waals surface area contributed by atoms with Crippen LogP contribution in [0.5, 0.6) is 0 Å². The van der Waals surface area contributed by atoms with Crippen LogP contribution in [0.4, 0.5) is 0 Å². The number of hydrogen-bond acceptors (Lipinski definition) is 1. The van der Waals surface area contributed by atoms with Gasteiger partial charge in [-0.05, 0) is 23.6 Å². The lowest BCUT2D eigenvalue weighted by Gasteiger charge is -1.97. The molecule has 0 saturated heterocycles. The average molecular weight is 157 g/mol. The molecule has 0 bridgehead atoms. The molecule has 0 heterocycles. The second-order valence-electron chi connectivity index (χ2n) is 3.04. The van der Waals surface area contributed by atoms with E-state index in [1.54, 1.807) is 0 Å². The number of allylic oxidation sites excluding steroid dienone is 2. The molecule has 0 fully saturated rings. The molecule has 1 aromatic carbocycles. The largest absolute Gasteiger partial charge is 0.285 e. The SMILES string of the molecule is CC1=C([C]=O)Cc2ccccc21. The molecule has 0 aliphatic heterocycles. The van der Waals surface area contributed by atoms with Crippen molar-refractivity contribution in [3.63, 3.8) is 0 Å². The summed E-state index contributed by atoms with van der Waals surface area (Å²) < 4.78 is 0. The summed E-state index contributed by atoms with van der Waals surface area (Å²) in [6, 6.07) is 8.11. The third kappa shape index (κ3) is 0.900. The second-order valence-corrected chi connectivity index (χ2v) is 3.04. The lowest BCUT2D eigenvalue weighted by atomic mass is 10.1. The zero-order valence-corrected chi connectivity index (χ0v) is 6.92. The van der Waals surface area contributed by atoms with E-state index in [0.717, 1.165) is 17.6 Å². The summed E-state index contributed by atoms with van der Waals surface area (Å²) in [5.41, 5.74) is 4.33. The molecular weight excluding hydrogens is 148 g/mol. The molecule has 1 aliphatic carbocycles. The number of carbonyl (C=O) groups excluding carboxylic acids is 1. The van der Waals surface area contributed by atoms with Crippen molar-refractivity contribution in [2.45, 2.75) is 13.3 Å². The molecule has 2 rings (SSSR count). The van der Waals surface area contributed by atoms with Crippen LogP contribution in [0.3, 0.4) is 0 Å². The van der Waals surface area contributed by atoms with E-state index in [4.69, 9.17) is 0 Å². The van der Waals surface area contributed by atoms with E-state index in [0.29, 0.717) is 0 Å². The van der Waals surface area contributed by atoms with Crippen LogP contribution in [0.2, 0.25) is 0 Å². The van der Waals surface area contributed by atoms with Gasteiger partial charge in [-0.15, -0.1) is 0 Å². The molecular formula is C11H9O. The maximum Gasteiger partial charge on any atom is 0.229 e. The molecule has 59 valence electrons. The minimum absolute atomic E-state index is 0.755. The Morgan fingerprint density at radius 2 is 2.08 bits per heavy atom. The van der Waals surface area contributed by atoms with E-state index < -0.39 is 0 Å². The molecule has 0 saturated carbocycles. The van der Waals surface area contributed by atoms with Gasteiger partial charge in [0.15, 0.2) is 0 Å². The van der Waals surface area contributed by atoms with E-state index in [1.165, 1.54) is 11.1 Å². The van der Waals surface area contributed by atoms with E-state index in [-0.39, 0.29) is 0 Å². The molecule has 1 aliphatic rings. The molecule has 0 aromatic heterocycles. The quantitative estimate of drug-likeness (QED) is 0.610. The first-order valence-corrected chi connectivity index (χ1v) is 3.99. The lowest BCUT2D eigenvalue weighted by Crippen LogP contribution is -1.84. The highest BCUT2D eigenvalue weighted by atomic mass is 16.1. The van der Waals surface area contributed by atoms with Gasteiger partial charge in [0, 0.05) is 12.0 Å². The normalized spacial score (nSPS) is 14.8. The van der Waals surface area contributed by atoms with Crippen molar-refractivity contribution in [2.24, 2.45) is 0 Å². The lowest BCUT2D eigenvalue weighted by molar-refractivity contribution is 0.561. The van der Waals surface area contributed by atoms with Crippen LogP contribution < -0.4 is 0 Å². The Kier molecular flexibility index (Phi) is 1.58. The fourth-order valence-corrected chi connectivity index (χ4v) is 1.64. The first kappa shape index (κ1) is 7.29. The van der Waals surface area contributed by atoms with E-state index >= 15 is 0 Å². The first-order valence-electron chi connectivity index (χ1n) is 3.99. The van der Waals surface area contributed by atoms with Crippen molar-refractivity contribution in [3.8, 4) is 0 Å². The van der Waals surface area contributed by atoms with Crippen molar-refractivity contribution in [1.29, 1.82) is 0 Å². The summed E-state index contributed by atoms with van der Waals surface area (Å²) in [6.07, 6.45) is 2.75. The number of rotatable bonds is 1. The molecule has 1 nitrogen and oxygen atoms in total. The molecule has 0 atom stereocenters. The van der Waals surface area contributed by atoms with Gasteiger partial charge in [-0.1, -0.05) is 24.3 Å². The van der Waals surface area contributed by atoms with Crippen LogP contribution in [0.15, 0.2) is 29.8 Å². The summed E-state index contributed by atoms with van der Waals surface area (Å²) in [5.74, 6) is 0. The smallest absolute Gasteiger partial charge is 0.229 e. The molecule has 0 unspecified atom stereocenters. The molecule has 1 aromatic rings. The summed E-state index contributed by atoms with van der Waals surface area (Å²) in [6.45, 7) is 1.98. The van der Waals surface area contributed by atoms with E-state index in [1.807, 2.05) is 25.3 Å². The topological polar surface area (TPSA) is 17.1 Å². The van der Waals surface area contributed by atoms with Crippen molar-refractivity contribution in [2.75, 3.05) is 0 Å². The predicted molar refractivity (Wildman–Crippen MR) is 48.4 cm³/mol. The van der Waals surface area contributed by atoms with Gasteiger partial charge < -0.3 is 0 Å². The Hall–Kier alpha value is -1.37. The highest BCUT2D eigenvalue weighted by molar-refractivity contribution is 5.92. The van der Waals surface area contributed by atoms with Crippen LogP contribution in [-0.2, 0) is 11.2 Å². The number of fused-ring (bicyclic) bond motifs is 1. The summed E-state index contributed by atoms with van der Waals surface area (Å²) in [7, 11) is 0.